The molecule has 1 unspecified atom stereocenters. The van der Waals surface area contributed by atoms with E-state index in [0.29, 0.717) is 5.92 Å². The molecule has 0 spiro atoms. The normalized spacial score (nSPS) is 22.9. The summed E-state index contributed by atoms with van der Waals surface area (Å²) < 4.78 is 0. The summed E-state index contributed by atoms with van der Waals surface area (Å²) in [6, 6.07) is 0. The van der Waals surface area contributed by atoms with Crippen LogP contribution in [0.4, 0.5) is 0 Å². The van der Waals surface area contributed by atoms with Crippen LogP contribution in [0.2, 0.25) is 0 Å². The van der Waals surface area contributed by atoms with Gasteiger partial charge in [0.15, 0.2) is 5.62 Å². The second kappa shape index (κ2) is 3.99. The van der Waals surface area contributed by atoms with E-state index >= 15 is 0 Å². The molecular weight excluding hydrogens is 174 g/mol. The average molecular weight is 190 g/mol. The molecule has 4 heteroatoms. The molecule has 0 amide bonds. The Morgan fingerprint density at radius 2 is 2.25 bits per heavy atom. The van der Waals surface area contributed by atoms with Crippen molar-refractivity contribution in [1.29, 1.82) is 0 Å². The first-order valence-corrected chi connectivity index (χ1v) is 4.79. The lowest BCUT2D eigenvalue weighted by atomic mass is 10.2. The van der Waals surface area contributed by atoms with Gasteiger partial charge in [-0.1, -0.05) is 25.4 Å². The highest BCUT2D eigenvalue weighted by Gasteiger charge is 2.24. The van der Waals surface area contributed by atoms with Crippen LogP contribution in [-0.4, -0.2) is 35.0 Å². The fraction of sp³-hybridized carbons (Fsp3) is 0.875. The van der Waals surface area contributed by atoms with E-state index in [1.54, 1.807) is 0 Å². The average Bonchev–Trinajstić information content (AvgIpc) is 2.32. The Labute approximate surface area is 79.0 Å². The van der Waals surface area contributed by atoms with Crippen LogP contribution in [0.5, 0.6) is 0 Å². The van der Waals surface area contributed by atoms with Crippen molar-refractivity contribution in [2.45, 2.75) is 26.4 Å². The first-order valence-electron chi connectivity index (χ1n) is 4.35. The molecule has 0 aromatic carbocycles. The Balaban J connectivity index is 2.44. The van der Waals surface area contributed by atoms with Crippen LogP contribution in [-0.2, 0) is 0 Å². The van der Waals surface area contributed by atoms with Gasteiger partial charge < -0.3 is 4.90 Å². The number of hydrogen-bond donors (Lipinski definition) is 0. The summed E-state index contributed by atoms with van der Waals surface area (Å²) in [4.78, 5) is 2.05. The van der Waals surface area contributed by atoms with Gasteiger partial charge in [0.2, 0.25) is 0 Å². The quantitative estimate of drug-likeness (QED) is 0.498. The van der Waals surface area contributed by atoms with Crippen LogP contribution in [0.1, 0.15) is 20.8 Å². The zero-order valence-electron chi connectivity index (χ0n) is 7.87. The van der Waals surface area contributed by atoms with Crippen molar-refractivity contribution in [3.05, 3.63) is 0 Å². The number of nitrogens with zero attached hydrogens (tertiary/aromatic N) is 3. The van der Waals surface area contributed by atoms with Crippen molar-refractivity contribution in [3.63, 3.8) is 0 Å². The molecule has 0 fully saturated rings. The molecule has 1 heterocycles. The largest absolute Gasteiger partial charge is 0.327 e. The molecule has 0 bridgehead atoms. The van der Waals surface area contributed by atoms with Crippen molar-refractivity contribution < 1.29 is 0 Å². The van der Waals surface area contributed by atoms with Gasteiger partial charge in [-0.15, -0.1) is 0 Å². The second-order valence-electron chi connectivity index (χ2n) is 3.39. The van der Waals surface area contributed by atoms with Crippen LogP contribution in [0.25, 0.3) is 0 Å². The van der Waals surface area contributed by atoms with Crippen LogP contribution in [0, 0.1) is 5.92 Å². The van der Waals surface area contributed by atoms with Crippen molar-refractivity contribution in [2.24, 2.45) is 11.0 Å². The summed E-state index contributed by atoms with van der Waals surface area (Å²) in [5, 5.41) is 6.04. The Bertz CT molecular complexity index is 170. The minimum Gasteiger partial charge on any atom is -0.327 e. The highest BCUT2D eigenvalue weighted by molar-refractivity contribution is 6.20. The van der Waals surface area contributed by atoms with Gasteiger partial charge in [-0.25, -0.2) is 0 Å². The first kappa shape index (κ1) is 9.65. The summed E-state index contributed by atoms with van der Waals surface area (Å²) in [6.07, 6.45) is 1.82. The van der Waals surface area contributed by atoms with E-state index in [0.717, 1.165) is 13.1 Å². The standard InChI is InChI=1S/C8H16ClN3/c1-4-12-8(9)11(6-10-12)5-7(2)3/h6-8H,4-5H2,1-3H3. The topological polar surface area (TPSA) is 18.8 Å². The fourth-order valence-electron chi connectivity index (χ4n) is 1.20. The van der Waals surface area contributed by atoms with Crippen LogP contribution in [0.15, 0.2) is 5.10 Å². The Kier molecular flexibility index (Phi) is 3.20. The summed E-state index contributed by atoms with van der Waals surface area (Å²) >= 11 is 6.12. The molecule has 1 aliphatic rings. The minimum atomic E-state index is -0.0857. The zero-order valence-corrected chi connectivity index (χ0v) is 8.62. The molecule has 1 aliphatic heterocycles. The summed E-state index contributed by atoms with van der Waals surface area (Å²) in [5.41, 5.74) is -0.0857. The van der Waals surface area contributed by atoms with E-state index in [4.69, 9.17) is 11.6 Å². The molecule has 0 aromatic rings. The van der Waals surface area contributed by atoms with Gasteiger partial charge in [-0.2, -0.15) is 5.10 Å². The Morgan fingerprint density at radius 1 is 1.58 bits per heavy atom. The van der Waals surface area contributed by atoms with Gasteiger partial charge in [-0.3, -0.25) is 5.01 Å². The summed E-state index contributed by atoms with van der Waals surface area (Å²) in [7, 11) is 0. The molecule has 70 valence electrons. The molecule has 0 saturated carbocycles. The van der Waals surface area contributed by atoms with Crippen LogP contribution >= 0.6 is 11.6 Å². The van der Waals surface area contributed by atoms with Gasteiger partial charge in [0.1, 0.15) is 6.34 Å². The van der Waals surface area contributed by atoms with Crippen molar-refractivity contribution in [2.75, 3.05) is 13.1 Å². The SMILES string of the molecule is CCN1N=CN(CC(C)C)C1Cl. The predicted molar refractivity (Wildman–Crippen MR) is 52.1 cm³/mol. The van der Waals surface area contributed by atoms with E-state index in [1.165, 1.54) is 0 Å². The van der Waals surface area contributed by atoms with E-state index in [-0.39, 0.29) is 5.62 Å². The van der Waals surface area contributed by atoms with Gasteiger partial charge in [0.05, 0.1) is 0 Å². The number of hydrogen-bond acceptors (Lipinski definition) is 3. The third-order valence-corrected chi connectivity index (χ3v) is 2.24. The van der Waals surface area contributed by atoms with Crippen LogP contribution < -0.4 is 0 Å². The molecule has 3 nitrogen and oxygen atoms in total. The predicted octanol–water partition coefficient (Wildman–Crippen LogP) is 1.75. The molecule has 0 aromatic heterocycles. The molecule has 0 N–H and O–H groups in total. The van der Waals surface area contributed by atoms with E-state index < -0.39 is 0 Å². The second-order valence-corrected chi connectivity index (χ2v) is 3.78. The monoisotopic (exact) mass is 189 g/mol. The fourth-order valence-corrected chi connectivity index (χ4v) is 1.52. The first-order chi connectivity index (χ1) is 5.65. The molecule has 0 radical (unpaired) electrons. The zero-order chi connectivity index (χ0) is 9.14. The van der Waals surface area contributed by atoms with Gasteiger partial charge in [0, 0.05) is 13.1 Å². The van der Waals surface area contributed by atoms with Crippen molar-refractivity contribution in [3.8, 4) is 0 Å². The lowest BCUT2D eigenvalue weighted by Crippen LogP contribution is -2.36. The van der Waals surface area contributed by atoms with Gasteiger partial charge in [0.25, 0.3) is 0 Å². The molecular formula is C8H16ClN3. The number of rotatable bonds is 3. The van der Waals surface area contributed by atoms with E-state index in [1.807, 2.05) is 18.3 Å². The molecule has 12 heavy (non-hydrogen) atoms. The number of halogens is 1. The molecule has 1 rings (SSSR count). The van der Waals surface area contributed by atoms with Crippen molar-refractivity contribution in [1.82, 2.24) is 9.91 Å². The maximum Gasteiger partial charge on any atom is 0.195 e. The maximum atomic E-state index is 6.12. The summed E-state index contributed by atoms with van der Waals surface area (Å²) in [5.74, 6) is 0.620. The Morgan fingerprint density at radius 3 is 2.67 bits per heavy atom. The lowest BCUT2D eigenvalue weighted by Gasteiger charge is -2.25. The summed E-state index contributed by atoms with van der Waals surface area (Å²) in [6.45, 7) is 8.22. The number of hydrazone groups is 1. The molecule has 0 saturated heterocycles. The Hall–Kier alpha value is -0.440. The van der Waals surface area contributed by atoms with E-state index in [2.05, 4.69) is 23.8 Å². The van der Waals surface area contributed by atoms with Gasteiger partial charge in [-0.05, 0) is 12.8 Å². The van der Waals surface area contributed by atoms with Gasteiger partial charge >= 0.3 is 0 Å². The smallest absolute Gasteiger partial charge is 0.195 e. The highest BCUT2D eigenvalue weighted by Crippen LogP contribution is 2.16. The third kappa shape index (κ3) is 2.03. The third-order valence-electron chi connectivity index (χ3n) is 1.77. The highest BCUT2D eigenvalue weighted by atomic mass is 35.5. The van der Waals surface area contributed by atoms with Crippen LogP contribution in [0.3, 0.4) is 0 Å². The van der Waals surface area contributed by atoms with E-state index in [9.17, 15) is 0 Å². The maximum absolute atomic E-state index is 6.12. The number of alkyl halides is 1. The molecule has 1 atom stereocenters. The van der Waals surface area contributed by atoms with Crippen molar-refractivity contribution >= 4 is 17.9 Å². The minimum absolute atomic E-state index is 0.0857. The lowest BCUT2D eigenvalue weighted by molar-refractivity contribution is 0.197. The molecule has 0 aliphatic carbocycles.